The van der Waals surface area contributed by atoms with Gasteiger partial charge in [-0.25, -0.2) is 12.6 Å². The lowest BCUT2D eigenvalue weighted by Gasteiger charge is -2.08. The Hall–Kier alpha value is -3.30. The average molecular weight is 507 g/mol. The van der Waals surface area contributed by atoms with Crippen LogP contribution in [0.2, 0.25) is 0 Å². The third kappa shape index (κ3) is 2.66. The van der Waals surface area contributed by atoms with Crippen molar-refractivity contribution in [3.8, 4) is 0 Å². The van der Waals surface area contributed by atoms with Crippen molar-refractivity contribution < 1.29 is 27.0 Å². The third-order valence-electron chi connectivity index (χ3n) is 5.65. The summed E-state index contributed by atoms with van der Waals surface area (Å²) in [4.78, 5) is 43.0. The molecule has 170 valence electrons. The molecule has 0 spiro atoms. The van der Waals surface area contributed by atoms with Crippen LogP contribution >= 0.6 is 0 Å². The van der Waals surface area contributed by atoms with E-state index in [1.807, 2.05) is 0 Å². The van der Waals surface area contributed by atoms with E-state index in [-0.39, 0.29) is 49.0 Å². The van der Waals surface area contributed by atoms with Crippen LogP contribution < -0.4 is 0 Å². The molecule has 0 aliphatic carbocycles. The molecule has 3 aliphatic heterocycles. The fourth-order valence-corrected chi connectivity index (χ4v) is 9.65. The van der Waals surface area contributed by atoms with Crippen molar-refractivity contribution in [2.45, 2.75) is 26.4 Å². The first-order chi connectivity index (χ1) is 15.5. The van der Waals surface area contributed by atoms with Gasteiger partial charge in [0.1, 0.15) is 26.3 Å². The number of rotatable bonds is 4. The highest BCUT2D eigenvalue weighted by atomic mass is 32.2. The molecular weight excluding hydrogens is 492 g/mol. The molecule has 0 saturated carbocycles. The maximum Gasteiger partial charge on any atom is 0.303 e. The van der Waals surface area contributed by atoms with Crippen molar-refractivity contribution in [1.29, 1.82) is 0 Å². The van der Waals surface area contributed by atoms with Gasteiger partial charge in [-0.3, -0.25) is 14.4 Å². The molecule has 33 heavy (non-hydrogen) atoms. The lowest BCUT2D eigenvalue weighted by atomic mass is 10.2. The van der Waals surface area contributed by atoms with Gasteiger partial charge in [0.05, 0.1) is 46.1 Å². The van der Waals surface area contributed by atoms with Crippen molar-refractivity contribution >= 4 is 46.9 Å². The van der Waals surface area contributed by atoms with E-state index in [9.17, 15) is 27.0 Å². The molecule has 2 N–H and O–H groups in total. The van der Waals surface area contributed by atoms with Crippen molar-refractivity contribution in [2.24, 2.45) is 13.1 Å². The van der Waals surface area contributed by atoms with Crippen molar-refractivity contribution in [2.75, 3.05) is 6.26 Å². The van der Waals surface area contributed by atoms with Gasteiger partial charge in [-0.2, -0.15) is 13.1 Å². The quantitative estimate of drug-likeness (QED) is 0.543. The van der Waals surface area contributed by atoms with E-state index in [2.05, 4.69) is 23.1 Å². The molecule has 3 aliphatic rings. The molecule has 3 aromatic rings. The Bertz CT molecular complexity index is 1840. The van der Waals surface area contributed by atoms with E-state index in [0.717, 1.165) is 0 Å². The number of aromatic nitrogens is 3. The fraction of sp³-hybridized carbons (Fsp3) is 0.167. The van der Waals surface area contributed by atoms with Gasteiger partial charge in [-0.1, -0.05) is 0 Å². The summed E-state index contributed by atoms with van der Waals surface area (Å²) in [7, 11) is -9.40. The fourth-order valence-electron chi connectivity index (χ4n) is 4.22. The van der Waals surface area contributed by atoms with Crippen molar-refractivity contribution in [1.82, 2.24) is 14.5 Å². The Balaban J connectivity index is 1.39. The van der Waals surface area contributed by atoms with Gasteiger partial charge in [0.25, 0.3) is 11.8 Å². The van der Waals surface area contributed by atoms with Crippen LogP contribution in [0.5, 0.6) is 0 Å². The van der Waals surface area contributed by atoms with Crippen LogP contribution in [0.1, 0.15) is 36.9 Å². The number of nitrogens with zero attached hydrogens (tertiary/aromatic N) is 4. The molecule has 0 saturated heterocycles. The number of hydrogen-bond acceptors (Lipinski definition) is 6. The molecule has 6 heterocycles. The summed E-state index contributed by atoms with van der Waals surface area (Å²) in [5.74, 6) is -2.64. The molecule has 12 nitrogen and oxygen atoms in total. The normalized spacial score (nSPS) is 29.4. The molecule has 0 fully saturated rings. The summed E-state index contributed by atoms with van der Waals surface area (Å²) in [6, 6.07) is 2.93. The van der Waals surface area contributed by atoms with Crippen LogP contribution in [-0.2, 0) is 40.8 Å². The van der Waals surface area contributed by atoms with E-state index < -0.39 is 46.9 Å². The molecule has 3 aromatic heterocycles. The van der Waals surface area contributed by atoms with Gasteiger partial charge < -0.3 is 14.5 Å². The highest BCUT2D eigenvalue weighted by Crippen LogP contribution is 2.36. The highest BCUT2D eigenvalue weighted by molar-refractivity contribution is 7.94. The van der Waals surface area contributed by atoms with Gasteiger partial charge in [0.15, 0.2) is 0 Å². The Morgan fingerprint density at radius 1 is 0.909 bits per heavy atom. The van der Waals surface area contributed by atoms with E-state index in [1.165, 1.54) is 41.5 Å². The number of hydrogen-bond donors (Lipinski definition) is 2. The minimum atomic E-state index is -3.32. The number of H-pyrrole nitrogens is 2. The second-order valence-electron chi connectivity index (χ2n) is 7.77. The first-order valence-electron chi connectivity index (χ1n) is 9.44. The molecule has 15 heteroatoms. The number of carbonyl (C=O) groups excluding carboxylic acids is 3. The number of carbonyl (C=O) groups is 3. The standard InChI is InChI=1S/C18H14N6O6S3/c1-31(28)12-6-20-10(13(12)16(26)21-31)7-32(29)11-3-5-24(14(11)17(27)23-32)8-33(30)18-9(2-4-19-18)15(25)22-33/h2-6,19-20H,7-8H2,1H3. The summed E-state index contributed by atoms with van der Waals surface area (Å²) in [6.45, 7) is 0. The summed E-state index contributed by atoms with van der Waals surface area (Å²) < 4.78 is 52.2. The molecular formula is C18H14N6O6S3. The molecule has 3 unspecified atom stereocenters. The largest absolute Gasteiger partial charge is 0.362 e. The van der Waals surface area contributed by atoms with Gasteiger partial charge in [0, 0.05) is 30.5 Å². The van der Waals surface area contributed by atoms with E-state index in [0.29, 0.717) is 0 Å². The Morgan fingerprint density at radius 3 is 2.45 bits per heavy atom. The first-order valence-corrected chi connectivity index (χ1v) is 14.7. The third-order valence-corrected chi connectivity index (χ3v) is 11.5. The molecule has 3 amide bonds. The smallest absolute Gasteiger partial charge is 0.303 e. The summed E-state index contributed by atoms with van der Waals surface area (Å²) in [5, 5.41) is 0.186. The lowest BCUT2D eigenvalue weighted by molar-refractivity contribution is 0.0992. The van der Waals surface area contributed by atoms with Gasteiger partial charge in [0.2, 0.25) is 0 Å². The first kappa shape index (κ1) is 20.3. The van der Waals surface area contributed by atoms with Crippen LogP contribution in [0.25, 0.3) is 0 Å². The highest BCUT2D eigenvalue weighted by Gasteiger charge is 2.38. The Kier molecular flexibility index (Phi) is 3.80. The van der Waals surface area contributed by atoms with Crippen LogP contribution in [0.4, 0.5) is 0 Å². The van der Waals surface area contributed by atoms with E-state index >= 15 is 0 Å². The van der Waals surface area contributed by atoms with Crippen LogP contribution in [0.15, 0.2) is 58.6 Å². The number of amides is 3. The van der Waals surface area contributed by atoms with Crippen molar-refractivity contribution in [3.05, 3.63) is 53.2 Å². The lowest BCUT2D eigenvalue weighted by Crippen LogP contribution is -2.13. The maximum atomic E-state index is 13.7. The predicted molar refractivity (Wildman–Crippen MR) is 115 cm³/mol. The van der Waals surface area contributed by atoms with Crippen LogP contribution in [0.3, 0.4) is 0 Å². The average Bonchev–Trinajstić information content (AvgIpc) is 3.50. The molecule has 0 radical (unpaired) electrons. The predicted octanol–water partition coefficient (Wildman–Crippen LogP) is 1.57. The topological polar surface area (TPSA) is 176 Å². The molecule has 0 bridgehead atoms. The van der Waals surface area contributed by atoms with E-state index in [4.69, 9.17) is 0 Å². The second-order valence-corrected chi connectivity index (χ2v) is 14.3. The number of aromatic amines is 2. The van der Waals surface area contributed by atoms with Crippen LogP contribution in [-0.4, -0.2) is 51.1 Å². The van der Waals surface area contributed by atoms with Gasteiger partial charge in [-0.05, 0) is 12.1 Å². The zero-order chi connectivity index (χ0) is 23.3. The van der Waals surface area contributed by atoms with Gasteiger partial charge in [-0.15, -0.1) is 0 Å². The summed E-state index contributed by atoms with van der Waals surface area (Å²) in [6.07, 6.45) is 5.67. The number of fused-ring (bicyclic) bond motifs is 3. The summed E-state index contributed by atoms with van der Waals surface area (Å²) >= 11 is 0. The monoisotopic (exact) mass is 506 g/mol. The van der Waals surface area contributed by atoms with Crippen LogP contribution in [0, 0.1) is 0 Å². The minimum absolute atomic E-state index is 0.0103. The van der Waals surface area contributed by atoms with Crippen molar-refractivity contribution in [3.63, 3.8) is 0 Å². The Labute approximate surface area is 187 Å². The number of nitrogens with one attached hydrogen (secondary N) is 2. The molecule has 3 atom stereocenters. The summed E-state index contributed by atoms with van der Waals surface area (Å²) in [5.41, 5.74) is 0.522. The van der Waals surface area contributed by atoms with Gasteiger partial charge >= 0.3 is 5.91 Å². The molecule has 0 aromatic carbocycles. The SMILES string of the molecule is CS1(=O)=NC(=O)c2c1c[nH]c2CS1(=O)=NC(=O)c2c1ccn2CS1(=O)=NC(=O)c2cc[nH]c21. The van der Waals surface area contributed by atoms with E-state index in [1.54, 1.807) is 0 Å². The Morgan fingerprint density at radius 2 is 1.67 bits per heavy atom. The minimum Gasteiger partial charge on any atom is -0.362 e. The maximum absolute atomic E-state index is 13.7. The molecule has 6 rings (SSSR count). The zero-order valence-corrected chi connectivity index (χ0v) is 19.2. The zero-order valence-electron chi connectivity index (χ0n) is 16.8. The second kappa shape index (κ2) is 6.18.